The van der Waals surface area contributed by atoms with E-state index in [-0.39, 0.29) is 47.7 Å². The highest BCUT2D eigenvalue weighted by Gasteiger charge is 2.44. The lowest BCUT2D eigenvalue weighted by Gasteiger charge is -2.19. The van der Waals surface area contributed by atoms with Gasteiger partial charge in [0.25, 0.3) is 0 Å². The molecule has 0 bridgehead atoms. The molecule has 1 aliphatic carbocycles. The van der Waals surface area contributed by atoms with Crippen molar-refractivity contribution in [3.8, 4) is 0 Å². The highest BCUT2D eigenvalue weighted by Crippen LogP contribution is 2.47. The van der Waals surface area contributed by atoms with Crippen molar-refractivity contribution >= 4 is 35.8 Å². The Labute approximate surface area is 172 Å². The summed E-state index contributed by atoms with van der Waals surface area (Å²) >= 11 is 0. The van der Waals surface area contributed by atoms with Crippen LogP contribution in [0, 0.1) is 5.82 Å². The molecule has 1 aliphatic rings. The summed E-state index contributed by atoms with van der Waals surface area (Å²) in [5.74, 6) is 0.290. The SMILES string of the molecule is C=C(C)CNC(=NCC(=O)N(C)C)NCC1(c2cccc(F)c2)CC1.I. The van der Waals surface area contributed by atoms with Crippen LogP contribution in [-0.2, 0) is 10.2 Å². The molecule has 2 rings (SSSR count). The van der Waals surface area contributed by atoms with E-state index in [0.29, 0.717) is 19.0 Å². The quantitative estimate of drug-likeness (QED) is 0.277. The molecule has 0 aliphatic heterocycles. The van der Waals surface area contributed by atoms with E-state index in [2.05, 4.69) is 22.2 Å². The van der Waals surface area contributed by atoms with Crippen molar-refractivity contribution in [3.63, 3.8) is 0 Å². The fourth-order valence-corrected chi connectivity index (χ4v) is 2.49. The number of rotatable bonds is 7. The highest BCUT2D eigenvalue weighted by molar-refractivity contribution is 14.0. The average molecular weight is 474 g/mol. The van der Waals surface area contributed by atoms with Gasteiger partial charge in [-0.25, -0.2) is 9.38 Å². The molecule has 1 saturated carbocycles. The molecule has 0 heterocycles. The molecule has 7 heteroatoms. The number of benzene rings is 1. The van der Waals surface area contributed by atoms with Gasteiger partial charge in [0.15, 0.2) is 5.96 Å². The molecule has 26 heavy (non-hydrogen) atoms. The molecule has 0 aromatic heterocycles. The molecule has 1 amide bonds. The summed E-state index contributed by atoms with van der Waals surface area (Å²) < 4.78 is 13.5. The highest BCUT2D eigenvalue weighted by atomic mass is 127. The predicted octanol–water partition coefficient (Wildman–Crippen LogP) is 2.67. The minimum Gasteiger partial charge on any atom is -0.355 e. The fraction of sp³-hybridized carbons (Fsp3) is 0.474. The lowest BCUT2D eigenvalue weighted by molar-refractivity contribution is -0.127. The van der Waals surface area contributed by atoms with Crippen LogP contribution in [0.15, 0.2) is 41.4 Å². The number of nitrogens with zero attached hydrogens (tertiary/aromatic N) is 2. The Morgan fingerprint density at radius 1 is 1.35 bits per heavy atom. The van der Waals surface area contributed by atoms with Crippen molar-refractivity contribution in [2.75, 3.05) is 33.7 Å². The first-order chi connectivity index (χ1) is 11.8. The third-order valence-electron chi connectivity index (χ3n) is 4.31. The third kappa shape index (κ3) is 6.59. The first-order valence-electron chi connectivity index (χ1n) is 8.45. The number of aliphatic imine (C=N–C) groups is 1. The Balaban J connectivity index is 0.00000338. The van der Waals surface area contributed by atoms with Crippen molar-refractivity contribution in [1.29, 1.82) is 0 Å². The van der Waals surface area contributed by atoms with E-state index in [9.17, 15) is 9.18 Å². The summed E-state index contributed by atoms with van der Waals surface area (Å²) in [6.07, 6.45) is 2.02. The van der Waals surface area contributed by atoms with Crippen molar-refractivity contribution in [3.05, 3.63) is 47.8 Å². The molecule has 0 unspecified atom stereocenters. The van der Waals surface area contributed by atoms with Gasteiger partial charge in [-0.2, -0.15) is 0 Å². The molecule has 144 valence electrons. The third-order valence-corrected chi connectivity index (χ3v) is 4.31. The molecule has 5 nitrogen and oxygen atoms in total. The molecule has 2 N–H and O–H groups in total. The van der Waals surface area contributed by atoms with Gasteiger partial charge in [-0.1, -0.05) is 24.3 Å². The number of hydrogen-bond donors (Lipinski definition) is 2. The zero-order chi connectivity index (χ0) is 18.4. The Kier molecular flexibility index (Phi) is 8.52. The van der Waals surface area contributed by atoms with E-state index in [0.717, 1.165) is 24.0 Å². The van der Waals surface area contributed by atoms with Gasteiger partial charge in [0.2, 0.25) is 5.91 Å². The van der Waals surface area contributed by atoms with Crippen molar-refractivity contribution in [2.45, 2.75) is 25.2 Å². The van der Waals surface area contributed by atoms with E-state index in [1.54, 1.807) is 26.2 Å². The maximum Gasteiger partial charge on any atom is 0.243 e. The summed E-state index contributed by atoms with van der Waals surface area (Å²) in [4.78, 5) is 17.6. The molecule has 1 fully saturated rings. The minimum absolute atomic E-state index is 0. The number of amides is 1. The van der Waals surface area contributed by atoms with Crippen LogP contribution in [0.25, 0.3) is 0 Å². The second-order valence-corrected chi connectivity index (χ2v) is 6.91. The van der Waals surface area contributed by atoms with E-state index < -0.39 is 0 Å². The van der Waals surface area contributed by atoms with Gasteiger partial charge in [0.1, 0.15) is 12.4 Å². The van der Waals surface area contributed by atoms with Gasteiger partial charge in [-0.15, -0.1) is 24.0 Å². The normalized spacial score (nSPS) is 14.8. The first kappa shape index (κ1) is 22.4. The van der Waals surface area contributed by atoms with Gasteiger partial charge in [-0.05, 0) is 37.5 Å². The molecule has 0 spiro atoms. The maximum atomic E-state index is 13.5. The van der Waals surface area contributed by atoms with Crippen LogP contribution in [0.4, 0.5) is 4.39 Å². The van der Waals surface area contributed by atoms with E-state index in [1.165, 1.54) is 11.0 Å². The monoisotopic (exact) mass is 474 g/mol. The second-order valence-electron chi connectivity index (χ2n) is 6.91. The summed E-state index contributed by atoms with van der Waals surface area (Å²) in [5, 5.41) is 6.47. The Hall–Kier alpha value is -1.64. The lowest BCUT2D eigenvalue weighted by Crippen LogP contribution is -2.42. The van der Waals surface area contributed by atoms with Crippen LogP contribution < -0.4 is 10.6 Å². The number of nitrogens with one attached hydrogen (secondary N) is 2. The fourth-order valence-electron chi connectivity index (χ4n) is 2.49. The van der Waals surface area contributed by atoms with Crippen LogP contribution in [0.1, 0.15) is 25.3 Å². The Morgan fingerprint density at radius 2 is 2.04 bits per heavy atom. The molecule has 0 radical (unpaired) electrons. The van der Waals surface area contributed by atoms with Crippen molar-refractivity contribution < 1.29 is 9.18 Å². The maximum absolute atomic E-state index is 13.5. The summed E-state index contributed by atoms with van der Waals surface area (Å²) in [6.45, 7) is 7.09. The molecule has 0 saturated heterocycles. The summed E-state index contributed by atoms with van der Waals surface area (Å²) in [7, 11) is 3.41. The molecular formula is C19H28FIN4O. The standard InChI is InChI=1S/C19H27FN4O.HI/c1-14(2)11-21-18(22-12-17(25)24(3)4)23-13-19(8-9-19)15-6-5-7-16(20)10-15;/h5-7,10H,1,8-9,11-13H2,2-4H3,(H2,21,22,23);1H. The number of carbonyl (C=O) groups excluding carboxylic acids is 1. The van der Waals surface area contributed by atoms with Crippen LogP contribution in [-0.4, -0.2) is 50.5 Å². The Morgan fingerprint density at radius 3 is 2.58 bits per heavy atom. The van der Waals surface area contributed by atoms with E-state index in [1.807, 2.05) is 13.0 Å². The number of hydrogen-bond acceptors (Lipinski definition) is 2. The van der Waals surface area contributed by atoms with Crippen LogP contribution in [0.3, 0.4) is 0 Å². The second kappa shape index (κ2) is 9.89. The van der Waals surface area contributed by atoms with Crippen molar-refractivity contribution in [1.82, 2.24) is 15.5 Å². The van der Waals surface area contributed by atoms with Gasteiger partial charge in [-0.3, -0.25) is 4.79 Å². The molecular weight excluding hydrogens is 446 g/mol. The van der Waals surface area contributed by atoms with Crippen molar-refractivity contribution in [2.24, 2.45) is 4.99 Å². The van der Waals surface area contributed by atoms with Gasteiger partial charge in [0, 0.05) is 32.6 Å². The average Bonchev–Trinajstić information content (AvgIpc) is 3.34. The Bertz CT molecular complexity index is 671. The lowest BCUT2D eigenvalue weighted by atomic mass is 9.96. The zero-order valence-corrected chi connectivity index (χ0v) is 18.0. The molecule has 1 aromatic rings. The molecule has 0 atom stereocenters. The topological polar surface area (TPSA) is 56.7 Å². The van der Waals surface area contributed by atoms with Crippen LogP contribution in [0.2, 0.25) is 0 Å². The molecule has 1 aromatic carbocycles. The minimum atomic E-state index is -0.213. The number of halogens is 2. The van der Waals surface area contributed by atoms with Gasteiger partial charge < -0.3 is 15.5 Å². The van der Waals surface area contributed by atoms with E-state index >= 15 is 0 Å². The summed E-state index contributed by atoms with van der Waals surface area (Å²) in [6, 6.07) is 6.77. The van der Waals surface area contributed by atoms with Crippen LogP contribution >= 0.6 is 24.0 Å². The summed E-state index contributed by atoms with van der Waals surface area (Å²) in [5.41, 5.74) is 1.92. The van der Waals surface area contributed by atoms with E-state index in [4.69, 9.17) is 0 Å². The van der Waals surface area contributed by atoms with Crippen LogP contribution in [0.5, 0.6) is 0 Å². The largest absolute Gasteiger partial charge is 0.355 e. The predicted molar refractivity (Wildman–Crippen MR) is 115 cm³/mol. The number of guanidine groups is 1. The zero-order valence-electron chi connectivity index (χ0n) is 15.6. The number of likely N-dealkylation sites (N-methyl/N-ethyl adjacent to an activating group) is 1. The van der Waals surface area contributed by atoms with Gasteiger partial charge in [0.05, 0.1) is 0 Å². The van der Waals surface area contributed by atoms with Gasteiger partial charge >= 0.3 is 0 Å². The first-order valence-corrected chi connectivity index (χ1v) is 8.45. The smallest absolute Gasteiger partial charge is 0.243 e. The number of carbonyl (C=O) groups is 1.